The molecule has 21 heavy (non-hydrogen) atoms. The van der Waals surface area contributed by atoms with Crippen molar-refractivity contribution in [3.8, 4) is 0 Å². The Labute approximate surface area is 128 Å². The van der Waals surface area contributed by atoms with E-state index in [1.807, 2.05) is 14.1 Å². The summed E-state index contributed by atoms with van der Waals surface area (Å²) in [6, 6.07) is 3.27. The van der Waals surface area contributed by atoms with Gasteiger partial charge < -0.3 is 10.2 Å². The van der Waals surface area contributed by atoms with Gasteiger partial charge >= 0.3 is 0 Å². The lowest BCUT2D eigenvalue weighted by Gasteiger charge is -2.10. The van der Waals surface area contributed by atoms with Crippen LogP contribution >= 0.6 is 0 Å². The van der Waals surface area contributed by atoms with Crippen LogP contribution in [0, 0.1) is 0 Å². The van der Waals surface area contributed by atoms with Crippen molar-refractivity contribution in [1.82, 2.24) is 14.6 Å². The molecule has 0 aromatic carbocycles. The third-order valence-corrected chi connectivity index (χ3v) is 4.37. The van der Waals surface area contributed by atoms with Gasteiger partial charge in [-0.15, -0.1) is 0 Å². The smallest absolute Gasteiger partial charge is 0.242 e. The van der Waals surface area contributed by atoms with Crippen LogP contribution in [0.2, 0.25) is 0 Å². The molecule has 0 fully saturated rings. The molecule has 6 nitrogen and oxygen atoms in total. The molecule has 0 saturated carbocycles. The Morgan fingerprint density at radius 1 is 1.19 bits per heavy atom. The quantitative estimate of drug-likeness (QED) is 0.641. The molecule has 2 N–H and O–H groups in total. The molecule has 1 heterocycles. The Kier molecular flexibility index (Phi) is 7.63. The molecule has 0 bridgehead atoms. The first-order valence-corrected chi connectivity index (χ1v) is 8.78. The van der Waals surface area contributed by atoms with E-state index in [-0.39, 0.29) is 4.90 Å². The fourth-order valence-corrected chi connectivity index (χ4v) is 2.76. The van der Waals surface area contributed by atoms with E-state index in [2.05, 4.69) is 26.8 Å². The zero-order valence-electron chi connectivity index (χ0n) is 13.1. The van der Waals surface area contributed by atoms with Gasteiger partial charge in [-0.25, -0.2) is 18.1 Å². The van der Waals surface area contributed by atoms with Crippen LogP contribution in [0.3, 0.4) is 0 Å². The average molecular weight is 314 g/mol. The third kappa shape index (κ3) is 6.88. The number of hydrogen-bond donors (Lipinski definition) is 2. The highest BCUT2D eigenvalue weighted by molar-refractivity contribution is 7.89. The summed E-state index contributed by atoms with van der Waals surface area (Å²) in [5, 5.41) is 3.11. The second kappa shape index (κ2) is 8.96. The highest BCUT2D eigenvalue weighted by Crippen LogP contribution is 2.10. The predicted octanol–water partition coefficient (Wildman–Crippen LogP) is 1.52. The molecule has 0 saturated heterocycles. The molecule has 0 aliphatic carbocycles. The van der Waals surface area contributed by atoms with Crippen LogP contribution in [-0.2, 0) is 10.0 Å². The summed E-state index contributed by atoms with van der Waals surface area (Å²) in [5.41, 5.74) is 0. The van der Waals surface area contributed by atoms with Crippen molar-refractivity contribution < 1.29 is 8.42 Å². The van der Waals surface area contributed by atoms with Gasteiger partial charge in [0, 0.05) is 19.3 Å². The van der Waals surface area contributed by atoms with Crippen molar-refractivity contribution >= 4 is 15.8 Å². The van der Waals surface area contributed by atoms with E-state index in [0.29, 0.717) is 12.4 Å². The van der Waals surface area contributed by atoms with Gasteiger partial charge in [-0.2, -0.15) is 0 Å². The van der Waals surface area contributed by atoms with Crippen molar-refractivity contribution in [2.24, 2.45) is 0 Å². The minimum absolute atomic E-state index is 0.206. The molecule has 0 atom stereocenters. The standard InChI is InChI=1S/C14H26N4O2S/c1-4-9-15-14-8-7-13(12-16-14)21(19,20)17-10-5-6-11-18(2)3/h7-8,12,17H,4-6,9-11H2,1-3H3,(H,15,16). The molecule has 0 aliphatic rings. The Bertz CT molecular complexity index is 500. The highest BCUT2D eigenvalue weighted by Gasteiger charge is 2.13. The number of aromatic nitrogens is 1. The van der Waals surface area contributed by atoms with E-state index in [1.54, 1.807) is 12.1 Å². The van der Waals surface area contributed by atoms with Crippen LogP contribution in [0.1, 0.15) is 26.2 Å². The Balaban J connectivity index is 2.46. The lowest BCUT2D eigenvalue weighted by Crippen LogP contribution is -2.25. The van der Waals surface area contributed by atoms with Crippen LogP contribution in [0.4, 0.5) is 5.82 Å². The molecule has 1 rings (SSSR count). The number of pyridine rings is 1. The van der Waals surface area contributed by atoms with Crippen LogP contribution in [-0.4, -0.2) is 52.0 Å². The van der Waals surface area contributed by atoms with Crippen molar-refractivity contribution in [2.45, 2.75) is 31.1 Å². The molecule has 1 aromatic rings. The number of nitrogens with zero attached hydrogens (tertiary/aromatic N) is 2. The Morgan fingerprint density at radius 3 is 2.52 bits per heavy atom. The second-order valence-corrected chi connectivity index (χ2v) is 6.98. The molecule has 120 valence electrons. The van der Waals surface area contributed by atoms with Gasteiger partial charge in [-0.1, -0.05) is 6.92 Å². The van der Waals surface area contributed by atoms with Gasteiger partial charge in [0.05, 0.1) is 0 Å². The first-order chi connectivity index (χ1) is 9.95. The van der Waals surface area contributed by atoms with Crippen molar-refractivity contribution in [3.05, 3.63) is 18.3 Å². The van der Waals surface area contributed by atoms with E-state index in [0.717, 1.165) is 32.4 Å². The predicted molar refractivity (Wildman–Crippen MR) is 86.0 cm³/mol. The molecule has 0 aliphatic heterocycles. The zero-order chi connectivity index (χ0) is 15.7. The molecular formula is C14H26N4O2S. The maximum Gasteiger partial charge on any atom is 0.242 e. The summed E-state index contributed by atoms with van der Waals surface area (Å²) in [4.78, 5) is 6.40. The maximum absolute atomic E-state index is 12.1. The number of rotatable bonds is 10. The topological polar surface area (TPSA) is 74.3 Å². The summed E-state index contributed by atoms with van der Waals surface area (Å²) >= 11 is 0. The minimum Gasteiger partial charge on any atom is -0.370 e. The van der Waals surface area contributed by atoms with Gasteiger partial charge in [-0.3, -0.25) is 0 Å². The van der Waals surface area contributed by atoms with Crippen LogP contribution in [0.15, 0.2) is 23.2 Å². The Hall–Kier alpha value is -1.18. The fraction of sp³-hybridized carbons (Fsp3) is 0.643. The van der Waals surface area contributed by atoms with Crippen LogP contribution in [0.25, 0.3) is 0 Å². The summed E-state index contributed by atoms with van der Waals surface area (Å²) in [7, 11) is 0.556. The largest absolute Gasteiger partial charge is 0.370 e. The number of anilines is 1. The molecule has 0 radical (unpaired) electrons. The molecule has 0 unspecified atom stereocenters. The number of nitrogens with one attached hydrogen (secondary N) is 2. The second-order valence-electron chi connectivity index (χ2n) is 5.21. The van der Waals surface area contributed by atoms with E-state index in [4.69, 9.17) is 0 Å². The molecule has 0 amide bonds. The lowest BCUT2D eigenvalue weighted by molar-refractivity contribution is 0.394. The number of unbranched alkanes of at least 4 members (excludes halogenated alkanes) is 1. The van der Waals surface area contributed by atoms with E-state index >= 15 is 0 Å². The number of hydrogen-bond acceptors (Lipinski definition) is 5. The third-order valence-electron chi connectivity index (χ3n) is 2.93. The van der Waals surface area contributed by atoms with Crippen LogP contribution in [0.5, 0.6) is 0 Å². The van der Waals surface area contributed by atoms with E-state index in [1.165, 1.54) is 6.20 Å². The van der Waals surface area contributed by atoms with Gasteiger partial charge in [-0.05, 0) is 52.0 Å². The van der Waals surface area contributed by atoms with Crippen molar-refractivity contribution in [1.29, 1.82) is 0 Å². The SMILES string of the molecule is CCCNc1ccc(S(=O)(=O)NCCCCN(C)C)cn1. The lowest BCUT2D eigenvalue weighted by atomic mass is 10.3. The first-order valence-electron chi connectivity index (χ1n) is 7.30. The van der Waals surface area contributed by atoms with Gasteiger partial charge in [0.2, 0.25) is 10.0 Å². The monoisotopic (exact) mass is 314 g/mol. The van der Waals surface area contributed by atoms with Gasteiger partial charge in [0.1, 0.15) is 10.7 Å². The van der Waals surface area contributed by atoms with Gasteiger partial charge in [0.25, 0.3) is 0 Å². The highest BCUT2D eigenvalue weighted by atomic mass is 32.2. The van der Waals surface area contributed by atoms with Crippen molar-refractivity contribution in [2.75, 3.05) is 39.0 Å². The van der Waals surface area contributed by atoms with Gasteiger partial charge in [0.15, 0.2) is 0 Å². The summed E-state index contributed by atoms with van der Waals surface area (Å²) in [6.45, 7) is 4.29. The molecule has 1 aromatic heterocycles. The molecular weight excluding hydrogens is 288 g/mol. The van der Waals surface area contributed by atoms with Crippen molar-refractivity contribution in [3.63, 3.8) is 0 Å². The van der Waals surface area contributed by atoms with Crippen LogP contribution < -0.4 is 10.0 Å². The maximum atomic E-state index is 12.1. The zero-order valence-corrected chi connectivity index (χ0v) is 13.9. The molecule has 0 spiro atoms. The normalized spacial score (nSPS) is 11.8. The fourth-order valence-electron chi connectivity index (χ4n) is 1.74. The minimum atomic E-state index is -3.45. The van der Waals surface area contributed by atoms with E-state index in [9.17, 15) is 8.42 Å². The van der Waals surface area contributed by atoms with E-state index < -0.39 is 10.0 Å². The first kappa shape index (κ1) is 17.9. The average Bonchev–Trinajstić information content (AvgIpc) is 2.44. The molecule has 7 heteroatoms. The summed E-state index contributed by atoms with van der Waals surface area (Å²) < 4.78 is 26.8. The number of sulfonamides is 1. The summed E-state index contributed by atoms with van der Waals surface area (Å²) in [5.74, 6) is 0.696. The summed E-state index contributed by atoms with van der Waals surface area (Å²) in [6.07, 6.45) is 4.17. The Morgan fingerprint density at radius 2 is 1.95 bits per heavy atom.